The summed E-state index contributed by atoms with van der Waals surface area (Å²) in [6, 6.07) is 5.48. The first kappa shape index (κ1) is 20.6. The number of hydrogen-bond acceptors (Lipinski definition) is 3. The number of halogens is 1. The number of carbonyl (C=O) groups is 1. The van der Waals surface area contributed by atoms with Crippen LogP contribution < -0.4 is 10.6 Å². The summed E-state index contributed by atoms with van der Waals surface area (Å²) in [6.45, 7) is 4.14. The van der Waals surface area contributed by atoms with Crippen LogP contribution >= 0.6 is 11.6 Å². The number of likely N-dealkylation sites (N-methyl/N-ethyl adjacent to an activating group) is 1. The second-order valence-corrected chi connectivity index (χ2v) is 8.92. The molecular weight excluding hydrogens is 360 g/mol. The molecule has 2 saturated carbocycles. The number of aliphatic hydroxyl groups excluding tert-OH is 1. The Morgan fingerprint density at radius 3 is 2.78 bits per heavy atom. The lowest BCUT2D eigenvalue weighted by molar-refractivity contribution is 0.0681. The Kier molecular flexibility index (Phi) is 7.18. The summed E-state index contributed by atoms with van der Waals surface area (Å²) >= 11 is 6.30. The number of fused-ring (bicyclic) bond motifs is 2. The molecule has 2 bridgehead atoms. The standard InChI is InChI=1S/C22H33ClN2O2/c1-2-24-14-18(26)11-17-7-8-20(23)19(12-17)21(27)25-15-22-9-3-5-16(13-22)6-4-10-22/h7-8,12,16,18,24,26H,2-6,9-11,13-15H2,1H3,(H,25,27)/t16?,18-,22?/m0/s1. The van der Waals surface area contributed by atoms with Crippen molar-refractivity contribution in [2.45, 2.75) is 64.4 Å². The van der Waals surface area contributed by atoms with Gasteiger partial charge in [0.1, 0.15) is 0 Å². The summed E-state index contributed by atoms with van der Waals surface area (Å²) in [4.78, 5) is 12.8. The number of carbonyl (C=O) groups excluding carboxylic acids is 1. The van der Waals surface area contributed by atoms with E-state index in [4.69, 9.17) is 11.6 Å². The number of rotatable bonds is 8. The van der Waals surface area contributed by atoms with E-state index in [0.29, 0.717) is 29.0 Å². The van der Waals surface area contributed by atoms with Crippen molar-refractivity contribution in [1.29, 1.82) is 0 Å². The third-order valence-electron chi connectivity index (χ3n) is 6.36. The van der Waals surface area contributed by atoms with Gasteiger partial charge < -0.3 is 15.7 Å². The summed E-state index contributed by atoms with van der Waals surface area (Å²) in [5, 5.41) is 16.9. The number of hydrogen-bond donors (Lipinski definition) is 3. The van der Waals surface area contributed by atoms with Crippen molar-refractivity contribution in [3.8, 4) is 0 Å². The van der Waals surface area contributed by atoms with Gasteiger partial charge in [0.05, 0.1) is 16.7 Å². The van der Waals surface area contributed by atoms with Crippen LogP contribution in [0, 0.1) is 11.3 Å². The molecule has 0 spiro atoms. The maximum atomic E-state index is 12.8. The molecule has 2 fully saturated rings. The maximum Gasteiger partial charge on any atom is 0.252 e. The van der Waals surface area contributed by atoms with Gasteiger partial charge in [-0.2, -0.15) is 0 Å². The van der Waals surface area contributed by atoms with Gasteiger partial charge in [0.2, 0.25) is 0 Å². The smallest absolute Gasteiger partial charge is 0.252 e. The normalized spacial score (nSPS) is 25.8. The number of nitrogens with one attached hydrogen (secondary N) is 2. The van der Waals surface area contributed by atoms with Crippen molar-refractivity contribution in [2.24, 2.45) is 11.3 Å². The molecule has 150 valence electrons. The number of amides is 1. The molecule has 1 atom stereocenters. The molecule has 0 radical (unpaired) electrons. The lowest BCUT2D eigenvalue weighted by Crippen LogP contribution is -2.43. The van der Waals surface area contributed by atoms with Crippen LogP contribution in [0.3, 0.4) is 0 Å². The highest BCUT2D eigenvalue weighted by Crippen LogP contribution is 2.48. The van der Waals surface area contributed by atoms with Gasteiger partial charge in [-0.1, -0.05) is 50.3 Å². The second-order valence-electron chi connectivity index (χ2n) is 8.52. The molecule has 1 aromatic carbocycles. The molecule has 0 unspecified atom stereocenters. The van der Waals surface area contributed by atoms with Crippen LogP contribution in [0.2, 0.25) is 5.02 Å². The molecule has 3 rings (SSSR count). The average Bonchev–Trinajstić information content (AvgIpc) is 2.66. The van der Waals surface area contributed by atoms with E-state index in [-0.39, 0.29) is 5.91 Å². The Bertz CT molecular complexity index is 639. The minimum atomic E-state index is -0.470. The molecule has 1 aromatic rings. The lowest BCUT2D eigenvalue weighted by Gasteiger charge is -2.45. The SMILES string of the molecule is CCNC[C@@H](O)Cc1ccc(Cl)c(C(=O)NCC23CCCC(CCC2)C3)c1. The molecule has 3 N–H and O–H groups in total. The van der Waals surface area contributed by atoms with Crippen molar-refractivity contribution < 1.29 is 9.90 Å². The van der Waals surface area contributed by atoms with Crippen molar-refractivity contribution in [2.75, 3.05) is 19.6 Å². The van der Waals surface area contributed by atoms with Crippen LogP contribution in [-0.2, 0) is 6.42 Å². The van der Waals surface area contributed by atoms with Crippen LogP contribution in [0.5, 0.6) is 0 Å². The molecule has 27 heavy (non-hydrogen) atoms. The Morgan fingerprint density at radius 2 is 2.07 bits per heavy atom. The van der Waals surface area contributed by atoms with E-state index in [2.05, 4.69) is 10.6 Å². The summed E-state index contributed by atoms with van der Waals surface area (Å²) < 4.78 is 0. The fourth-order valence-electron chi connectivity index (χ4n) is 4.96. The molecule has 2 aliphatic carbocycles. The Labute approximate surface area is 168 Å². The van der Waals surface area contributed by atoms with Gasteiger partial charge in [-0.25, -0.2) is 0 Å². The summed E-state index contributed by atoms with van der Waals surface area (Å²) in [6.07, 6.45) is 9.07. The third-order valence-corrected chi connectivity index (χ3v) is 6.69. The monoisotopic (exact) mass is 392 g/mol. The molecular formula is C22H33ClN2O2. The fourth-order valence-corrected chi connectivity index (χ4v) is 5.17. The molecule has 0 heterocycles. The lowest BCUT2D eigenvalue weighted by atomic mass is 9.62. The zero-order chi connectivity index (χ0) is 19.3. The first-order chi connectivity index (χ1) is 13.0. The molecule has 5 heteroatoms. The highest BCUT2D eigenvalue weighted by molar-refractivity contribution is 6.33. The van der Waals surface area contributed by atoms with Crippen LogP contribution in [0.15, 0.2) is 18.2 Å². The van der Waals surface area contributed by atoms with Crippen LogP contribution in [0.1, 0.15) is 67.8 Å². The Morgan fingerprint density at radius 1 is 1.33 bits per heavy atom. The summed E-state index contributed by atoms with van der Waals surface area (Å²) in [5.74, 6) is 0.764. The van der Waals surface area contributed by atoms with Gasteiger partial charge >= 0.3 is 0 Å². The van der Waals surface area contributed by atoms with E-state index in [1.165, 1.54) is 44.9 Å². The van der Waals surface area contributed by atoms with E-state index >= 15 is 0 Å². The minimum Gasteiger partial charge on any atom is -0.391 e. The number of aliphatic hydroxyl groups is 1. The van der Waals surface area contributed by atoms with Gasteiger partial charge in [0.15, 0.2) is 0 Å². The van der Waals surface area contributed by atoms with Crippen molar-refractivity contribution in [3.63, 3.8) is 0 Å². The third kappa shape index (κ3) is 5.46. The minimum absolute atomic E-state index is 0.0925. The number of benzene rings is 1. The first-order valence-electron chi connectivity index (χ1n) is 10.5. The van der Waals surface area contributed by atoms with Gasteiger partial charge in [-0.05, 0) is 61.3 Å². The molecule has 2 aliphatic rings. The van der Waals surface area contributed by atoms with Crippen LogP contribution in [0.25, 0.3) is 0 Å². The van der Waals surface area contributed by atoms with E-state index in [1.54, 1.807) is 6.07 Å². The van der Waals surface area contributed by atoms with E-state index in [1.807, 2.05) is 19.1 Å². The Balaban J connectivity index is 1.61. The predicted octanol–water partition coefficient (Wildman–Crippen LogP) is 3.94. The predicted molar refractivity (Wildman–Crippen MR) is 110 cm³/mol. The summed E-state index contributed by atoms with van der Waals surface area (Å²) in [5.41, 5.74) is 1.75. The average molecular weight is 393 g/mol. The zero-order valence-electron chi connectivity index (χ0n) is 16.4. The van der Waals surface area contributed by atoms with Gasteiger partial charge in [0, 0.05) is 13.1 Å². The van der Waals surface area contributed by atoms with E-state index < -0.39 is 6.10 Å². The quantitative estimate of drug-likeness (QED) is 0.627. The topological polar surface area (TPSA) is 61.4 Å². The molecule has 1 amide bonds. The molecule has 0 aromatic heterocycles. The van der Waals surface area contributed by atoms with Crippen LogP contribution in [0.4, 0.5) is 0 Å². The van der Waals surface area contributed by atoms with Crippen molar-refractivity contribution in [1.82, 2.24) is 10.6 Å². The van der Waals surface area contributed by atoms with Gasteiger partial charge in [-0.3, -0.25) is 4.79 Å². The van der Waals surface area contributed by atoms with Gasteiger partial charge in [0.25, 0.3) is 5.91 Å². The fraction of sp³-hybridized carbons (Fsp3) is 0.682. The summed E-state index contributed by atoms with van der Waals surface area (Å²) in [7, 11) is 0. The van der Waals surface area contributed by atoms with Crippen molar-refractivity contribution >= 4 is 17.5 Å². The zero-order valence-corrected chi connectivity index (χ0v) is 17.2. The first-order valence-corrected chi connectivity index (χ1v) is 10.8. The van der Waals surface area contributed by atoms with Crippen LogP contribution in [-0.4, -0.2) is 36.8 Å². The molecule has 0 aliphatic heterocycles. The Hall–Kier alpha value is -1.10. The largest absolute Gasteiger partial charge is 0.391 e. The van der Waals surface area contributed by atoms with Crippen molar-refractivity contribution in [3.05, 3.63) is 34.3 Å². The second kappa shape index (κ2) is 9.40. The highest BCUT2D eigenvalue weighted by atomic mass is 35.5. The molecule has 4 nitrogen and oxygen atoms in total. The highest BCUT2D eigenvalue weighted by Gasteiger charge is 2.39. The van der Waals surface area contributed by atoms with E-state index in [9.17, 15) is 9.90 Å². The molecule has 0 saturated heterocycles. The van der Waals surface area contributed by atoms with E-state index in [0.717, 1.165) is 24.6 Å². The van der Waals surface area contributed by atoms with Gasteiger partial charge in [-0.15, -0.1) is 0 Å². The maximum absolute atomic E-state index is 12.8.